The lowest BCUT2D eigenvalue weighted by Crippen LogP contribution is -2.43. The molecule has 1 aromatic rings. The van der Waals surface area contributed by atoms with Crippen molar-refractivity contribution in [1.29, 1.82) is 0 Å². The summed E-state index contributed by atoms with van der Waals surface area (Å²) < 4.78 is 0. The Kier molecular flexibility index (Phi) is 3.85. The molecule has 104 valence electrons. The van der Waals surface area contributed by atoms with Crippen LogP contribution in [0.15, 0.2) is 12.4 Å². The Hall–Kier alpha value is -1.32. The average molecular weight is 261 g/mol. The smallest absolute Gasteiger partial charge is 0.225 e. The third-order valence-electron chi connectivity index (χ3n) is 4.59. The van der Waals surface area contributed by atoms with Crippen molar-refractivity contribution in [2.45, 2.75) is 50.9 Å². The molecular weight excluding hydrogens is 238 g/mol. The van der Waals surface area contributed by atoms with Gasteiger partial charge in [0.15, 0.2) is 0 Å². The second kappa shape index (κ2) is 5.76. The maximum absolute atomic E-state index is 12.6. The molecular formula is C15H23N3O. The molecule has 19 heavy (non-hydrogen) atoms. The van der Waals surface area contributed by atoms with E-state index in [2.05, 4.69) is 14.9 Å². The summed E-state index contributed by atoms with van der Waals surface area (Å²) in [5.41, 5.74) is 0. The highest BCUT2D eigenvalue weighted by molar-refractivity contribution is 5.79. The number of H-pyrrole nitrogens is 1. The predicted octanol–water partition coefficient (Wildman–Crippen LogP) is 2.70. The minimum absolute atomic E-state index is 0.295. The van der Waals surface area contributed by atoms with Crippen LogP contribution in [0.25, 0.3) is 0 Å². The third-order valence-corrected chi connectivity index (χ3v) is 4.59. The van der Waals surface area contributed by atoms with E-state index in [-0.39, 0.29) is 0 Å². The first-order valence-electron chi connectivity index (χ1n) is 7.62. The van der Waals surface area contributed by atoms with Gasteiger partial charge < -0.3 is 9.88 Å². The number of carbonyl (C=O) groups excluding carboxylic acids is 1. The van der Waals surface area contributed by atoms with Crippen LogP contribution in [-0.2, 0) is 4.79 Å². The van der Waals surface area contributed by atoms with Gasteiger partial charge in [0, 0.05) is 37.3 Å². The molecule has 0 spiro atoms. The zero-order valence-electron chi connectivity index (χ0n) is 11.5. The van der Waals surface area contributed by atoms with E-state index in [0.717, 1.165) is 44.6 Å². The van der Waals surface area contributed by atoms with E-state index >= 15 is 0 Å². The molecule has 4 nitrogen and oxygen atoms in total. The quantitative estimate of drug-likeness (QED) is 0.889. The second-order valence-electron chi connectivity index (χ2n) is 5.93. The number of aromatic nitrogens is 2. The van der Waals surface area contributed by atoms with Crippen molar-refractivity contribution in [3.63, 3.8) is 0 Å². The minimum Gasteiger partial charge on any atom is -0.348 e. The van der Waals surface area contributed by atoms with E-state index in [1.165, 1.54) is 19.3 Å². The Labute approximate surface area is 114 Å². The average Bonchev–Trinajstić information content (AvgIpc) is 3.02. The largest absolute Gasteiger partial charge is 0.348 e. The molecule has 1 amide bonds. The minimum atomic E-state index is 0.295. The van der Waals surface area contributed by atoms with E-state index in [0.29, 0.717) is 17.7 Å². The van der Waals surface area contributed by atoms with Gasteiger partial charge in [-0.05, 0) is 25.7 Å². The molecule has 1 saturated heterocycles. The number of likely N-dealkylation sites (tertiary alicyclic amines) is 1. The molecule has 1 saturated carbocycles. The number of piperidine rings is 1. The molecule has 0 radical (unpaired) electrons. The van der Waals surface area contributed by atoms with Crippen LogP contribution in [0.2, 0.25) is 0 Å². The summed E-state index contributed by atoms with van der Waals surface area (Å²) in [4.78, 5) is 22.2. The van der Waals surface area contributed by atoms with Crippen LogP contribution in [0, 0.1) is 5.92 Å². The summed E-state index contributed by atoms with van der Waals surface area (Å²) in [6.45, 7) is 1.79. The summed E-state index contributed by atoms with van der Waals surface area (Å²) in [6, 6.07) is 0. The molecule has 2 heterocycles. The molecule has 1 unspecified atom stereocenters. The number of hydrogen-bond acceptors (Lipinski definition) is 2. The topological polar surface area (TPSA) is 49.0 Å². The van der Waals surface area contributed by atoms with Crippen molar-refractivity contribution >= 4 is 5.91 Å². The highest BCUT2D eigenvalue weighted by Gasteiger charge is 2.30. The van der Waals surface area contributed by atoms with Crippen molar-refractivity contribution < 1.29 is 4.79 Å². The van der Waals surface area contributed by atoms with Crippen molar-refractivity contribution in [2.24, 2.45) is 5.92 Å². The van der Waals surface area contributed by atoms with Gasteiger partial charge in [0.25, 0.3) is 0 Å². The second-order valence-corrected chi connectivity index (χ2v) is 5.93. The van der Waals surface area contributed by atoms with E-state index in [1.807, 2.05) is 6.20 Å². The summed E-state index contributed by atoms with van der Waals surface area (Å²) >= 11 is 0. The Morgan fingerprint density at radius 1 is 1.21 bits per heavy atom. The highest BCUT2D eigenvalue weighted by Crippen LogP contribution is 2.29. The van der Waals surface area contributed by atoms with Crippen molar-refractivity contribution in [2.75, 3.05) is 13.1 Å². The number of aromatic amines is 1. The number of nitrogens with zero attached hydrogens (tertiary/aromatic N) is 2. The molecule has 3 rings (SSSR count). The number of amides is 1. The van der Waals surface area contributed by atoms with E-state index in [9.17, 15) is 4.79 Å². The molecule has 0 aromatic carbocycles. The Bertz CT molecular complexity index is 409. The lowest BCUT2D eigenvalue weighted by Gasteiger charge is -2.35. The summed E-state index contributed by atoms with van der Waals surface area (Å²) in [5, 5.41) is 0. The lowest BCUT2D eigenvalue weighted by molar-refractivity contribution is -0.137. The number of rotatable bonds is 2. The van der Waals surface area contributed by atoms with Crippen molar-refractivity contribution in [1.82, 2.24) is 14.9 Å². The Morgan fingerprint density at radius 2 is 2.05 bits per heavy atom. The van der Waals surface area contributed by atoms with Crippen LogP contribution in [0.5, 0.6) is 0 Å². The number of hydrogen-bond donors (Lipinski definition) is 1. The van der Waals surface area contributed by atoms with E-state index in [1.54, 1.807) is 6.20 Å². The maximum atomic E-state index is 12.6. The van der Waals surface area contributed by atoms with Gasteiger partial charge in [-0.2, -0.15) is 0 Å². The molecule has 2 aliphatic rings. The van der Waals surface area contributed by atoms with Crippen LogP contribution < -0.4 is 0 Å². The van der Waals surface area contributed by atoms with Crippen molar-refractivity contribution in [3.8, 4) is 0 Å². The van der Waals surface area contributed by atoms with E-state index in [4.69, 9.17) is 0 Å². The maximum Gasteiger partial charge on any atom is 0.225 e. The number of imidazole rings is 1. The van der Waals surface area contributed by atoms with Crippen LogP contribution in [0.4, 0.5) is 0 Å². The summed E-state index contributed by atoms with van der Waals surface area (Å²) in [5.74, 6) is 2.14. The Morgan fingerprint density at radius 3 is 2.79 bits per heavy atom. The highest BCUT2D eigenvalue weighted by atomic mass is 16.2. The standard InChI is InChI=1S/C15H23N3O/c19-15(12-5-2-1-3-6-12)18-10-4-7-13(11-18)14-16-8-9-17-14/h8-9,12-13H,1-7,10-11H2,(H,16,17). The fraction of sp³-hybridized carbons (Fsp3) is 0.733. The van der Waals surface area contributed by atoms with E-state index < -0.39 is 0 Å². The monoisotopic (exact) mass is 261 g/mol. The van der Waals surface area contributed by atoms with Crippen molar-refractivity contribution in [3.05, 3.63) is 18.2 Å². The van der Waals surface area contributed by atoms with Crippen LogP contribution in [-0.4, -0.2) is 33.9 Å². The first kappa shape index (κ1) is 12.7. The zero-order valence-corrected chi connectivity index (χ0v) is 11.5. The van der Waals surface area contributed by atoms with Gasteiger partial charge in [-0.1, -0.05) is 19.3 Å². The molecule has 1 aliphatic heterocycles. The van der Waals surface area contributed by atoms with Gasteiger partial charge in [-0.15, -0.1) is 0 Å². The molecule has 1 atom stereocenters. The summed E-state index contributed by atoms with van der Waals surface area (Å²) in [7, 11) is 0. The molecule has 1 N–H and O–H groups in total. The first-order chi connectivity index (χ1) is 9.34. The van der Waals surface area contributed by atoms with Gasteiger partial charge >= 0.3 is 0 Å². The van der Waals surface area contributed by atoms with Gasteiger partial charge in [0.1, 0.15) is 5.82 Å². The molecule has 1 aromatic heterocycles. The fourth-order valence-electron chi connectivity index (χ4n) is 3.51. The predicted molar refractivity (Wildman–Crippen MR) is 73.7 cm³/mol. The number of carbonyl (C=O) groups is 1. The summed E-state index contributed by atoms with van der Waals surface area (Å²) in [6.07, 6.45) is 11.9. The third kappa shape index (κ3) is 2.82. The SMILES string of the molecule is O=C(C1CCCCC1)N1CCCC(c2ncc[nH]2)C1. The first-order valence-corrected chi connectivity index (χ1v) is 7.62. The fourth-order valence-corrected chi connectivity index (χ4v) is 3.51. The molecule has 0 bridgehead atoms. The Balaban J connectivity index is 1.62. The van der Waals surface area contributed by atoms with Crippen LogP contribution in [0.3, 0.4) is 0 Å². The molecule has 1 aliphatic carbocycles. The van der Waals surface area contributed by atoms with Gasteiger partial charge in [-0.25, -0.2) is 4.98 Å². The van der Waals surface area contributed by atoms with Crippen LogP contribution >= 0.6 is 0 Å². The van der Waals surface area contributed by atoms with Gasteiger partial charge in [-0.3, -0.25) is 4.79 Å². The number of nitrogens with one attached hydrogen (secondary N) is 1. The van der Waals surface area contributed by atoms with Crippen LogP contribution in [0.1, 0.15) is 56.7 Å². The lowest BCUT2D eigenvalue weighted by atomic mass is 9.87. The van der Waals surface area contributed by atoms with Gasteiger partial charge in [0.05, 0.1) is 0 Å². The molecule has 4 heteroatoms. The molecule has 2 fully saturated rings. The zero-order chi connectivity index (χ0) is 13.1. The van der Waals surface area contributed by atoms with Gasteiger partial charge in [0.2, 0.25) is 5.91 Å². The normalized spacial score (nSPS) is 25.5.